The number of nitrogens with zero attached hydrogens (tertiary/aromatic N) is 1. The molecule has 0 saturated heterocycles. The summed E-state index contributed by atoms with van der Waals surface area (Å²) in [6.07, 6.45) is -12.3. The lowest BCUT2D eigenvalue weighted by Crippen LogP contribution is -2.55. The number of carbonyl (C=O) groups is 4. The number of carbonyl (C=O) groups excluding carboxylic acids is 4. The van der Waals surface area contributed by atoms with E-state index in [0.717, 1.165) is 25.4 Å². The van der Waals surface area contributed by atoms with E-state index in [2.05, 4.69) is 0 Å². The molecule has 0 fully saturated rings. The second kappa shape index (κ2) is 12.2. The van der Waals surface area contributed by atoms with Gasteiger partial charge in [-0.05, 0) is 77.9 Å². The Labute approximate surface area is 291 Å². The van der Waals surface area contributed by atoms with Crippen molar-refractivity contribution >= 4 is 64.2 Å². The van der Waals surface area contributed by atoms with Gasteiger partial charge in [0.05, 0.1) is 36.4 Å². The molecule has 2 aliphatic rings. The SMILES string of the molecule is O=C1NC(=O)c2cc(C(c3cccc4c3C(=O)N(c3ccc(Sc5ccc(Sc6ccccc6)s5)cc3)C4=O)(C(F)(F)F)C(F)(F)F)ccc21. The van der Waals surface area contributed by atoms with Gasteiger partial charge in [0.2, 0.25) is 5.41 Å². The Kier molecular flexibility index (Phi) is 8.19. The predicted molar refractivity (Wildman–Crippen MR) is 174 cm³/mol. The van der Waals surface area contributed by atoms with E-state index >= 15 is 26.3 Å². The Bertz CT molecular complexity index is 2200. The van der Waals surface area contributed by atoms with Crippen molar-refractivity contribution in [1.82, 2.24) is 5.32 Å². The highest BCUT2D eigenvalue weighted by molar-refractivity contribution is 8.03. The third kappa shape index (κ3) is 5.40. The number of fused-ring (bicyclic) bond motifs is 2. The van der Waals surface area contributed by atoms with E-state index in [4.69, 9.17) is 0 Å². The van der Waals surface area contributed by atoms with Crippen molar-refractivity contribution in [3.8, 4) is 0 Å². The van der Waals surface area contributed by atoms with E-state index in [0.29, 0.717) is 34.1 Å². The molecule has 0 unspecified atom stereocenters. The third-order valence-corrected chi connectivity index (χ3v) is 11.5. The van der Waals surface area contributed by atoms with Crippen LogP contribution < -0.4 is 10.2 Å². The molecule has 2 aliphatic heterocycles. The Morgan fingerprint density at radius 2 is 1.18 bits per heavy atom. The molecule has 0 saturated carbocycles. The number of nitrogens with one attached hydrogen (secondary N) is 1. The van der Waals surface area contributed by atoms with Gasteiger partial charge >= 0.3 is 12.4 Å². The summed E-state index contributed by atoms with van der Waals surface area (Å²) < 4.78 is 92.7. The van der Waals surface area contributed by atoms with Crippen LogP contribution in [0, 0.1) is 0 Å². The maximum absolute atomic E-state index is 15.1. The third-order valence-electron chi connectivity index (χ3n) is 8.17. The van der Waals surface area contributed by atoms with Crippen LogP contribution >= 0.6 is 34.9 Å². The molecule has 5 aromatic rings. The minimum atomic E-state index is -6.13. The molecule has 15 heteroatoms. The number of thiophene rings is 1. The molecule has 0 spiro atoms. The number of hydrogen-bond donors (Lipinski definition) is 1. The molecule has 1 aromatic heterocycles. The van der Waals surface area contributed by atoms with Crippen LogP contribution in [0.15, 0.2) is 121 Å². The van der Waals surface area contributed by atoms with E-state index < -0.39 is 74.8 Å². The molecular formula is C35H18F6N2O4S3. The Balaban J connectivity index is 1.24. The zero-order valence-corrected chi connectivity index (χ0v) is 27.3. The van der Waals surface area contributed by atoms with Crippen LogP contribution in [-0.2, 0) is 5.41 Å². The van der Waals surface area contributed by atoms with Gasteiger partial charge in [0, 0.05) is 9.79 Å². The minimum absolute atomic E-state index is 0.0599. The Hall–Kier alpha value is -4.86. The molecule has 0 atom stereocenters. The second-order valence-electron chi connectivity index (χ2n) is 11.0. The van der Waals surface area contributed by atoms with Gasteiger partial charge in [-0.25, -0.2) is 4.90 Å². The van der Waals surface area contributed by atoms with Crippen molar-refractivity contribution in [3.05, 3.63) is 137 Å². The van der Waals surface area contributed by atoms with E-state index in [1.54, 1.807) is 35.2 Å². The number of hydrogen-bond acceptors (Lipinski definition) is 7. The fourth-order valence-electron chi connectivity index (χ4n) is 5.98. The normalized spacial score (nSPS) is 14.6. The van der Waals surface area contributed by atoms with Gasteiger partial charge in [-0.15, -0.1) is 11.3 Å². The lowest BCUT2D eigenvalue weighted by atomic mass is 9.70. The monoisotopic (exact) mass is 740 g/mol. The minimum Gasteiger partial charge on any atom is -0.288 e. The van der Waals surface area contributed by atoms with Crippen LogP contribution in [0.5, 0.6) is 0 Å². The molecule has 4 amide bonds. The van der Waals surface area contributed by atoms with Crippen molar-refractivity contribution in [3.63, 3.8) is 0 Å². The lowest BCUT2D eigenvalue weighted by Gasteiger charge is -2.39. The summed E-state index contributed by atoms with van der Waals surface area (Å²) in [6.45, 7) is 0. The molecule has 3 heterocycles. The number of alkyl halides is 6. The molecule has 0 bridgehead atoms. The van der Waals surface area contributed by atoms with Gasteiger partial charge < -0.3 is 0 Å². The summed E-state index contributed by atoms with van der Waals surface area (Å²) in [7, 11) is 0. The van der Waals surface area contributed by atoms with Crippen molar-refractivity contribution in [2.75, 3.05) is 4.90 Å². The van der Waals surface area contributed by atoms with Gasteiger partial charge in [0.15, 0.2) is 0 Å². The van der Waals surface area contributed by atoms with Gasteiger partial charge in [-0.1, -0.05) is 59.9 Å². The van der Waals surface area contributed by atoms with E-state index in [1.165, 1.54) is 23.9 Å². The summed E-state index contributed by atoms with van der Waals surface area (Å²) in [5, 5.41) is 1.84. The van der Waals surface area contributed by atoms with Gasteiger partial charge in [0.25, 0.3) is 23.6 Å². The molecule has 0 aliphatic carbocycles. The molecule has 4 aromatic carbocycles. The predicted octanol–water partition coefficient (Wildman–Crippen LogP) is 9.15. The number of anilines is 1. The van der Waals surface area contributed by atoms with E-state index in [-0.39, 0.29) is 5.69 Å². The largest absolute Gasteiger partial charge is 0.411 e. The summed E-state index contributed by atoms with van der Waals surface area (Å²) in [5.41, 5.74) is -10.7. The molecule has 0 radical (unpaired) electrons. The fraction of sp³-hybridized carbons (Fsp3) is 0.0857. The zero-order valence-electron chi connectivity index (χ0n) is 24.9. The van der Waals surface area contributed by atoms with Gasteiger partial charge in [0.1, 0.15) is 0 Å². The Morgan fingerprint density at radius 3 is 1.80 bits per heavy atom. The molecular weight excluding hydrogens is 723 g/mol. The quantitative estimate of drug-likeness (QED) is 0.132. The summed E-state index contributed by atoms with van der Waals surface area (Å²) in [6, 6.07) is 23.4. The number of benzene rings is 4. The number of halogens is 6. The number of rotatable bonds is 7. The molecule has 252 valence electrons. The second-order valence-corrected chi connectivity index (χ2v) is 14.9. The van der Waals surface area contributed by atoms with Crippen LogP contribution in [0.4, 0.5) is 32.0 Å². The average molecular weight is 741 g/mol. The summed E-state index contributed by atoms with van der Waals surface area (Å²) >= 11 is 4.53. The number of amides is 4. The smallest absolute Gasteiger partial charge is 0.288 e. The Morgan fingerprint density at radius 1 is 0.580 bits per heavy atom. The zero-order chi connectivity index (χ0) is 35.6. The highest BCUT2D eigenvalue weighted by Crippen LogP contribution is 2.58. The van der Waals surface area contributed by atoms with E-state index in [1.807, 2.05) is 47.8 Å². The standard InChI is InChI=1S/C35H18F6N2O4S3/c36-34(37,38)33(35(39,40)41,18-9-14-22-24(17-18)30(45)42-29(22)44)25-8-4-7-23-28(25)32(47)43(31(23)46)19-10-12-21(13-11-19)49-27-16-15-26(50-27)48-20-5-2-1-3-6-20/h1-17H,(H,42,44,45). The van der Waals surface area contributed by atoms with Crippen LogP contribution in [0.25, 0.3) is 0 Å². The summed E-state index contributed by atoms with van der Waals surface area (Å²) in [4.78, 5) is 53.9. The maximum atomic E-state index is 15.1. The first kappa shape index (κ1) is 33.6. The van der Waals surface area contributed by atoms with Gasteiger partial charge in [-0.2, -0.15) is 26.3 Å². The van der Waals surface area contributed by atoms with Crippen LogP contribution in [0.2, 0.25) is 0 Å². The topological polar surface area (TPSA) is 83.6 Å². The average Bonchev–Trinajstić information content (AvgIpc) is 3.70. The first-order chi connectivity index (χ1) is 23.7. The highest BCUT2D eigenvalue weighted by Gasteiger charge is 2.74. The van der Waals surface area contributed by atoms with Crippen molar-refractivity contribution in [2.24, 2.45) is 0 Å². The highest BCUT2D eigenvalue weighted by atomic mass is 32.2. The molecule has 6 nitrogen and oxygen atoms in total. The van der Waals surface area contributed by atoms with Gasteiger partial charge in [-0.3, -0.25) is 24.5 Å². The first-order valence-electron chi connectivity index (χ1n) is 14.5. The molecule has 1 N–H and O–H groups in total. The molecule has 7 rings (SSSR count). The van der Waals surface area contributed by atoms with Crippen molar-refractivity contribution in [2.45, 2.75) is 36.0 Å². The lowest BCUT2D eigenvalue weighted by molar-refractivity contribution is -0.288. The fourth-order valence-corrected chi connectivity index (χ4v) is 9.36. The first-order valence-corrected chi connectivity index (χ1v) is 16.9. The molecule has 50 heavy (non-hydrogen) atoms. The van der Waals surface area contributed by atoms with Crippen LogP contribution in [-0.4, -0.2) is 36.0 Å². The van der Waals surface area contributed by atoms with Crippen LogP contribution in [0.3, 0.4) is 0 Å². The van der Waals surface area contributed by atoms with E-state index in [9.17, 15) is 19.2 Å². The number of imide groups is 2. The van der Waals surface area contributed by atoms with Crippen molar-refractivity contribution < 1.29 is 45.5 Å². The maximum Gasteiger partial charge on any atom is 0.411 e. The summed E-state index contributed by atoms with van der Waals surface area (Å²) in [5.74, 6) is -4.64. The van der Waals surface area contributed by atoms with Crippen molar-refractivity contribution in [1.29, 1.82) is 0 Å². The van der Waals surface area contributed by atoms with Crippen LogP contribution in [0.1, 0.15) is 52.6 Å².